The molecule has 9 nitrogen and oxygen atoms in total. The van der Waals surface area contributed by atoms with Crippen molar-refractivity contribution in [3.8, 4) is 23.0 Å². The number of piperazine rings is 1. The van der Waals surface area contributed by atoms with Gasteiger partial charge in [-0.3, -0.25) is 14.6 Å². The highest BCUT2D eigenvalue weighted by Gasteiger charge is 2.54. The van der Waals surface area contributed by atoms with E-state index in [1.54, 1.807) is 29.3 Å². The highest BCUT2D eigenvalue weighted by molar-refractivity contribution is 6.11. The Kier molecular flexibility index (Phi) is 8.77. The van der Waals surface area contributed by atoms with Gasteiger partial charge in [0.05, 0.1) is 18.0 Å². The first-order valence-electron chi connectivity index (χ1n) is 15.7. The van der Waals surface area contributed by atoms with Crippen molar-refractivity contribution in [1.82, 2.24) is 14.8 Å². The van der Waals surface area contributed by atoms with Gasteiger partial charge >= 0.3 is 6.09 Å². The monoisotopic (exact) mass is 621 g/mol. The molecule has 1 saturated carbocycles. The van der Waals surface area contributed by atoms with Gasteiger partial charge in [-0.1, -0.05) is 42.0 Å². The Balaban J connectivity index is 1.12. The summed E-state index contributed by atoms with van der Waals surface area (Å²) in [5.41, 5.74) is 2.63. The molecule has 4 aromatic rings. The molecule has 0 bridgehead atoms. The molecule has 0 radical (unpaired) electrons. The highest BCUT2D eigenvalue weighted by atomic mass is 16.6. The van der Waals surface area contributed by atoms with Crippen LogP contribution in [0.5, 0.6) is 23.0 Å². The molecule has 3 aromatic carbocycles. The topological polar surface area (TPSA) is 98.3 Å². The van der Waals surface area contributed by atoms with E-state index in [0.29, 0.717) is 47.5 Å². The molecule has 1 amide bonds. The lowest BCUT2D eigenvalue weighted by atomic mass is 9.88. The number of likely N-dealkylation sites (N-methyl/N-ethyl adjacent to an activating group) is 1. The zero-order chi connectivity index (χ0) is 32.4. The summed E-state index contributed by atoms with van der Waals surface area (Å²) in [5, 5.41) is 0.689. The SMILES string of the molecule is COc1cc2c(Oc3ccc(CC(=O)C4(C(=O)Cc5ccc(C)cc5)CC4)cc3)ccnc2cc1OC(=O)N1CCN(C)C[C@@H]1C. The van der Waals surface area contributed by atoms with Crippen molar-refractivity contribution in [2.45, 2.75) is 45.6 Å². The first kappa shape index (κ1) is 31.2. The van der Waals surface area contributed by atoms with Gasteiger partial charge in [-0.25, -0.2) is 4.79 Å². The first-order chi connectivity index (χ1) is 22.1. The van der Waals surface area contributed by atoms with Gasteiger partial charge in [0.25, 0.3) is 0 Å². The number of carbonyl (C=O) groups excluding carboxylic acids is 3. The third-order valence-corrected chi connectivity index (χ3v) is 9.07. The molecule has 0 unspecified atom stereocenters. The summed E-state index contributed by atoms with van der Waals surface area (Å²) in [7, 11) is 3.56. The van der Waals surface area contributed by atoms with Crippen molar-refractivity contribution in [3.05, 3.63) is 89.6 Å². The van der Waals surface area contributed by atoms with E-state index in [1.165, 1.54) is 7.11 Å². The number of hydrogen-bond donors (Lipinski definition) is 0. The Morgan fingerprint density at radius 3 is 2.13 bits per heavy atom. The van der Waals surface area contributed by atoms with Crippen LogP contribution in [0.15, 0.2) is 72.9 Å². The molecule has 2 aliphatic rings. The number of Topliss-reactive ketones (excluding diaryl/α,β-unsaturated/α-hetero) is 2. The molecule has 2 fully saturated rings. The van der Waals surface area contributed by atoms with Gasteiger partial charge in [-0.15, -0.1) is 0 Å². The van der Waals surface area contributed by atoms with E-state index in [2.05, 4.69) is 9.88 Å². The van der Waals surface area contributed by atoms with Crippen LogP contribution in [0.4, 0.5) is 4.79 Å². The number of carbonyl (C=O) groups is 3. The molecule has 1 saturated heterocycles. The zero-order valence-corrected chi connectivity index (χ0v) is 26.7. The van der Waals surface area contributed by atoms with Crippen LogP contribution in [0.3, 0.4) is 0 Å². The second kappa shape index (κ2) is 12.9. The van der Waals surface area contributed by atoms with Crippen molar-refractivity contribution in [2.24, 2.45) is 5.41 Å². The molecule has 1 aliphatic carbocycles. The van der Waals surface area contributed by atoms with Gasteiger partial charge in [-0.05, 0) is 69.1 Å². The molecule has 46 heavy (non-hydrogen) atoms. The number of rotatable bonds is 10. The number of amides is 1. The van der Waals surface area contributed by atoms with Gasteiger partial charge in [0, 0.05) is 56.2 Å². The van der Waals surface area contributed by atoms with Crippen LogP contribution in [-0.4, -0.2) is 72.3 Å². The molecule has 1 atom stereocenters. The normalized spacial score (nSPS) is 17.4. The molecular weight excluding hydrogens is 582 g/mol. The largest absolute Gasteiger partial charge is 0.493 e. The minimum absolute atomic E-state index is 0.00751. The van der Waals surface area contributed by atoms with E-state index in [1.807, 2.05) is 69.4 Å². The Labute approximate surface area is 269 Å². The molecule has 6 rings (SSSR count). The number of nitrogens with zero attached hydrogens (tertiary/aromatic N) is 3. The second-order valence-electron chi connectivity index (χ2n) is 12.5. The van der Waals surface area contributed by atoms with Crippen LogP contribution in [0.2, 0.25) is 0 Å². The minimum Gasteiger partial charge on any atom is -0.493 e. The van der Waals surface area contributed by atoms with Crippen LogP contribution in [-0.2, 0) is 22.4 Å². The third kappa shape index (κ3) is 6.60. The number of fused-ring (bicyclic) bond motifs is 1. The molecule has 0 spiro atoms. The van der Waals surface area contributed by atoms with Crippen LogP contribution >= 0.6 is 0 Å². The number of pyridine rings is 1. The minimum atomic E-state index is -0.856. The van der Waals surface area contributed by atoms with Gasteiger partial charge in [0.15, 0.2) is 23.1 Å². The Morgan fingerprint density at radius 2 is 1.52 bits per heavy atom. The third-order valence-electron chi connectivity index (χ3n) is 9.07. The predicted octanol–water partition coefficient (Wildman–Crippen LogP) is 6.18. The van der Waals surface area contributed by atoms with Crippen LogP contribution < -0.4 is 14.2 Å². The van der Waals surface area contributed by atoms with E-state index in [9.17, 15) is 14.4 Å². The number of methoxy groups -OCH3 is 1. The quantitative estimate of drug-likeness (QED) is 0.194. The fourth-order valence-electron chi connectivity index (χ4n) is 6.08. The summed E-state index contributed by atoms with van der Waals surface area (Å²) >= 11 is 0. The van der Waals surface area contributed by atoms with Crippen molar-refractivity contribution in [1.29, 1.82) is 0 Å². The summed E-state index contributed by atoms with van der Waals surface area (Å²) in [5.74, 6) is 1.79. The Morgan fingerprint density at radius 1 is 0.870 bits per heavy atom. The van der Waals surface area contributed by atoms with Crippen molar-refractivity contribution < 1.29 is 28.6 Å². The van der Waals surface area contributed by atoms with Gasteiger partial charge in [0.2, 0.25) is 0 Å². The number of aromatic nitrogens is 1. The van der Waals surface area contributed by atoms with Gasteiger partial charge in [-0.2, -0.15) is 0 Å². The maximum absolute atomic E-state index is 13.3. The van der Waals surface area contributed by atoms with E-state index in [0.717, 1.165) is 29.8 Å². The lowest BCUT2D eigenvalue weighted by molar-refractivity contribution is -0.133. The molecular formula is C37H39N3O6. The van der Waals surface area contributed by atoms with Crippen molar-refractivity contribution in [2.75, 3.05) is 33.8 Å². The molecule has 1 aromatic heterocycles. The molecule has 2 heterocycles. The summed E-state index contributed by atoms with van der Waals surface area (Å²) < 4.78 is 17.6. The molecule has 238 valence electrons. The summed E-state index contributed by atoms with van der Waals surface area (Å²) in [4.78, 5) is 47.8. The fourth-order valence-corrected chi connectivity index (χ4v) is 6.08. The summed E-state index contributed by atoms with van der Waals surface area (Å²) in [6, 6.07) is 20.5. The van der Waals surface area contributed by atoms with Crippen LogP contribution in [0.25, 0.3) is 10.9 Å². The molecule has 9 heteroatoms. The predicted molar refractivity (Wildman–Crippen MR) is 175 cm³/mol. The lowest BCUT2D eigenvalue weighted by Crippen LogP contribution is -2.53. The maximum Gasteiger partial charge on any atom is 0.415 e. The van der Waals surface area contributed by atoms with E-state index >= 15 is 0 Å². The average molecular weight is 622 g/mol. The van der Waals surface area contributed by atoms with E-state index in [4.69, 9.17) is 14.2 Å². The van der Waals surface area contributed by atoms with E-state index in [-0.39, 0.29) is 36.2 Å². The second-order valence-corrected chi connectivity index (χ2v) is 12.5. The number of aryl methyl sites for hydroxylation is 1. The Hall–Kier alpha value is -4.76. The van der Waals surface area contributed by atoms with Crippen molar-refractivity contribution in [3.63, 3.8) is 0 Å². The maximum atomic E-state index is 13.3. The number of hydrogen-bond acceptors (Lipinski definition) is 8. The number of benzene rings is 3. The van der Waals surface area contributed by atoms with Crippen LogP contribution in [0, 0.1) is 12.3 Å². The number of ketones is 2. The smallest absolute Gasteiger partial charge is 0.415 e. The standard InChI is InChI=1S/C37H39N3O6/c1-24-5-7-26(8-6-24)19-34(41)37(14-15-37)35(42)20-27-9-11-28(12-10-27)45-31-13-16-38-30-22-33(32(44-4)21-29(30)31)46-36(43)40-18-17-39(3)23-25(40)2/h5-13,16,21-22,25H,14-15,17-20,23H2,1-4H3/t25-/m0/s1. The van der Waals surface area contributed by atoms with Crippen molar-refractivity contribution >= 4 is 28.6 Å². The first-order valence-corrected chi connectivity index (χ1v) is 15.7. The van der Waals surface area contributed by atoms with Gasteiger partial charge in [0.1, 0.15) is 11.5 Å². The van der Waals surface area contributed by atoms with Gasteiger partial charge < -0.3 is 24.0 Å². The van der Waals surface area contributed by atoms with E-state index < -0.39 is 11.5 Å². The highest BCUT2D eigenvalue weighted by Crippen LogP contribution is 2.49. The lowest BCUT2D eigenvalue weighted by Gasteiger charge is -2.37. The molecule has 0 N–H and O–H groups in total. The average Bonchev–Trinajstić information content (AvgIpc) is 3.85. The summed E-state index contributed by atoms with van der Waals surface area (Å²) in [6.07, 6.45) is 2.92. The Bertz CT molecular complexity index is 1760. The van der Waals surface area contributed by atoms with Crippen LogP contribution in [0.1, 0.15) is 36.5 Å². The fraction of sp³-hybridized carbons (Fsp3) is 0.351. The molecule has 1 aliphatic heterocycles. The summed E-state index contributed by atoms with van der Waals surface area (Å²) in [6.45, 7) is 6.16. The number of ether oxygens (including phenoxy) is 3. The zero-order valence-electron chi connectivity index (χ0n) is 26.7.